The van der Waals surface area contributed by atoms with E-state index in [0.717, 1.165) is 0 Å². The van der Waals surface area contributed by atoms with Crippen LogP contribution in [-0.2, 0) is 4.79 Å². The maximum atomic E-state index is 8.00. The molecule has 0 unspecified atom stereocenters. The van der Waals surface area contributed by atoms with Crippen molar-refractivity contribution in [3.63, 3.8) is 0 Å². The summed E-state index contributed by atoms with van der Waals surface area (Å²) in [7, 11) is 0. The van der Waals surface area contributed by atoms with Crippen LogP contribution in [0.5, 0.6) is 0 Å². The summed E-state index contributed by atoms with van der Waals surface area (Å²) in [6.07, 6.45) is 0. The van der Waals surface area contributed by atoms with Crippen molar-refractivity contribution in [2.75, 3.05) is 0 Å². The molecule has 0 saturated carbocycles. The van der Waals surface area contributed by atoms with Gasteiger partial charge in [0.25, 0.3) is 0 Å². The molecular weight excluding hydrogens is 220 g/mol. The quantitative estimate of drug-likeness (QED) is 0.722. The Morgan fingerprint density at radius 2 is 0.944 bits per heavy atom. The van der Waals surface area contributed by atoms with Crippen LogP contribution in [-0.4, -0.2) is 6.79 Å². The Bertz CT molecular complexity index is 492. The summed E-state index contributed by atoms with van der Waals surface area (Å²) in [5.41, 5.74) is 8.05. The minimum Gasteiger partial charge on any atom is -0.307 e. The topological polar surface area (TPSA) is 17.1 Å². The lowest BCUT2D eigenvalue weighted by molar-refractivity contribution is -0.0979. The van der Waals surface area contributed by atoms with Gasteiger partial charge in [-0.2, -0.15) is 0 Å². The van der Waals surface area contributed by atoms with Gasteiger partial charge in [0, 0.05) is 0 Å². The first-order chi connectivity index (χ1) is 8.58. The molecule has 2 aromatic rings. The SMILES string of the molecule is C=O.Cc1ccc(-c2ccc(C)c(C)c2)cc1C. The summed E-state index contributed by atoms with van der Waals surface area (Å²) in [6, 6.07) is 13.3. The maximum Gasteiger partial charge on any atom is 0.106 e. The van der Waals surface area contributed by atoms with Gasteiger partial charge in [0.05, 0.1) is 0 Å². The second kappa shape index (κ2) is 6.15. The highest BCUT2D eigenvalue weighted by molar-refractivity contribution is 5.66. The van der Waals surface area contributed by atoms with E-state index in [2.05, 4.69) is 64.1 Å². The molecule has 0 fully saturated rings. The van der Waals surface area contributed by atoms with Crippen LogP contribution >= 0.6 is 0 Å². The molecule has 18 heavy (non-hydrogen) atoms. The molecule has 1 nitrogen and oxygen atoms in total. The molecule has 2 aromatic carbocycles. The average molecular weight is 240 g/mol. The second-order valence-electron chi connectivity index (χ2n) is 4.60. The van der Waals surface area contributed by atoms with Gasteiger partial charge >= 0.3 is 0 Å². The molecule has 0 heterocycles. The molecule has 2 rings (SSSR count). The molecule has 0 aliphatic heterocycles. The Balaban J connectivity index is 0.000000771. The summed E-state index contributed by atoms with van der Waals surface area (Å²) >= 11 is 0. The molecule has 94 valence electrons. The van der Waals surface area contributed by atoms with Crippen molar-refractivity contribution in [2.24, 2.45) is 0 Å². The van der Waals surface area contributed by atoms with Gasteiger partial charge in [-0.15, -0.1) is 0 Å². The summed E-state index contributed by atoms with van der Waals surface area (Å²) in [5.74, 6) is 0. The Labute approximate surface area is 109 Å². The highest BCUT2D eigenvalue weighted by Gasteiger charge is 2.01. The Kier molecular flexibility index (Phi) is 4.85. The summed E-state index contributed by atoms with van der Waals surface area (Å²) < 4.78 is 0. The Morgan fingerprint density at radius 3 is 1.22 bits per heavy atom. The average Bonchev–Trinajstić information content (AvgIpc) is 2.38. The highest BCUT2D eigenvalue weighted by Crippen LogP contribution is 2.24. The smallest absolute Gasteiger partial charge is 0.106 e. The summed E-state index contributed by atoms with van der Waals surface area (Å²) in [5, 5.41) is 0. The molecule has 0 aliphatic rings. The fraction of sp³-hybridized carbons (Fsp3) is 0.235. The lowest BCUT2D eigenvalue weighted by Gasteiger charge is -2.08. The minimum atomic E-state index is 1.31. The Hall–Kier alpha value is -1.89. The molecule has 0 atom stereocenters. The van der Waals surface area contributed by atoms with Gasteiger partial charge in [-0.25, -0.2) is 0 Å². The van der Waals surface area contributed by atoms with Crippen molar-refractivity contribution >= 4 is 6.79 Å². The van der Waals surface area contributed by atoms with Crippen molar-refractivity contribution in [1.29, 1.82) is 0 Å². The first kappa shape index (κ1) is 14.2. The largest absolute Gasteiger partial charge is 0.307 e. The number of aryl methyl sites for hydroxylation is 4. The van der Waals surface area contributed by atoms with Crippen LogP contribution in [0.4, 0.5) is 0 Å². The van der Waals surface area contributed by atoms with Crippen LogP contribution in [0.25, 0.3) is 11.1 Å². The lowest BCUT2D eigenvalue weighted by atomic mass is 9.98. The number of carbonyl (C=O) groups excluding carboxylic acids is 1. The van der Waals surface area contributed by atoms with E-state index in [4.69, 9.17) is 4.79 Å². The number of hydrogen-bond donors (Lipinski definition) is 0. The standard InChI is InChI=1S/C16H18.CH2O/c1-11-5-7-15(9-13(11)3)16-8-6-12(2)14(4)10-16;1-2/h5-10H,1-4H3;1H2. The zero-order valence-corrected chi connectivity index (χ0v) is 11.6. The normalized spacial score (nSPS) is 9.56. The van der Waals surface area contributed by atoms with Crippen molar-refractivity contribution in [2.45, 2.75) is 27.7 Å². The van der Waals surface area contributed by atoms with Crippen LogP contribution in [0, 0.1) is 27.7 Å². The van der Waals surface area contributed by atoms with Gasteiger partial charge in [0.15, 0.2) is 0 Å². The summed E-state index contributed by atoms with van der Waals surface area (Å²) in [6.45, 7) is 10.6. The van der Waals surface area contributed by atoms with Crippen LogP contribution in [0.15, 0.2) is 36.4 Å². The first-order valence-corrected chi connectivity index (χ1v) is 6.01. The van der Waals surface area contributed by atoms with E-state index in [1.165, 1.54) is 33.4 Å². The minimum absolute atomic E-state index is 1.31. The van der Waals surface area contributed by atoms with Crippen LogP contribution in [0.3, 0.4) is 0 Å². The highest BCUT2D eigenvalue weighted by atomic mass is 16.1. The van der Waals surface area contributed by atoms with E-state index < -0.39 is 0 Å². The molecule has 1 heteroatoms. The zero-order valence-electron chi connectivity index (χ0n) is 11.6. The van der Waals surface area contributed by atoms with Crippen molar-refractivity contribution in [3.05, 3.63) is 58.7 Å². The van der Waals surface area contributed by atoms with Gasteiger partial charge in [-0.3, -0.25) is 0 Å². The molecule has 0 amide bonds. The molecule has 0 bridgehead atoms. The predicted molar refractivity (Wildman–Crippen MR) is 77.9 cm³/mol. The maximum absolute atomic E-state index is 8.00. The monoisotopic (exact) mass is 240 g/mol. The molecule has 0 radical (unpaired) electrons. The molecule has 0 aliphatic carbocycles. The number of hydrogen-bond acceptors (Lipinski definition) is 1. The molecular formula is C17H20O. The zero-order chi connectivity index (χ0) is 13.7. The van der Waals surface area contributed by atoms with E-state index in [1.807, 2.05) is 6.79 Å². The van der Waals surface area contributed by atoms with Gasteiger partial charge < -0.3 is 4.79 Å². The van der Waals surface area contributed by atoms with Crippen LogP contribution in [0.1, 0.15) is 22.3 Å². The van der Waals surface area contributed by atoms with E-state index in [1.54, 1.807) is 0 Å². The van der Waals surface area contributed by atoms with E-state index in [9.17, 15) is 0 Å². The first-order valence-electron chi connectivity index (χ1n) is 6.01. The third-order valence-electron chi connectivity index (χ3n) is 3.35. The number of carbonyl (C=O) groups is 1. The number of benzene rings is 2. The van der Waals surface area contributed by atoms with Crippen molar-refractivity contribution in [1.82, 2.24) is 0 Å². The molecule has 0 N–H and O–H groups in total. The van der Waals surface area contributed by atoms with Crippen molar-refractivity contribution < 1.29 is 4.79 Å². The third kappa shape index (κ3) is 3.07. The van der Waals surface area contributed by atoms with E-state index in [-0.39, 0.29) is 0 Å². The predicted octanol–water partition coefficient (Wildman–Crippen LogP) is 4.40. The fourth-order valence-corrected chi connectivity index (χ4v) is 1.84. The summed E-state index contributed by atoms with van der Waals surface area (Å²) in [4.78, 5) is 8.00. The van der Waals surface area contributed by atoms with E-state index >= 15 is 0 Å². The van der Waals surface area contributed by atoms with Crippen LogP contribution < -0.4 is 0 Å². The number of rotatable bonds is 1. The van der Waals surface area contributed by atoms with Gasteiger partial charge in [0.2, 0.25) is 0 Å². The van der Waals surface area contributed by atoms with Gasteiger partial charge in [-0.05, 0) is 61.1 Å². The van der Waals surface area contributed by atoms with Gasteiger partial charge in [0.1, 0.15) is 6.79 Å². The van der Waals surface area contributed by atoms with Gasteiger partial charge in [-0.1, -0.05) is 36.4 Å². The molecule has 0 aromatic heterocycles. The molecule has 0 saturated heterocycles. The molecule has 0 spiro atoms. The van der Waals surface area contributed by atoms with Crippen LogP contribution in [0.2, 0.25) is 0 Å². The van der Waals surface area contributed by atoms with E-state index in [0.29, 0.717) is 0 Å². The second-order valence-corrected chi connectivity index (χ2v) is 4.60. The van der Waals surface area contributed by atoms with Crippen molar-refractivity contribution in [3.8, 4) is 11.1 Å². The fourth-order valence-electron chi connectivity index (χ4n) is 1.84. The Morgan fingerprint density at radius 1 is 0.611 bits per heavy atom. The third-order valence-corrected chi connectivity index (χ3v) is 3.35. The lowest BCUT2D eigenvalue weighted by Crippen LogP contribution is -1.86.